The van der Waals surface area contributed by atoms with Crippen LogP contribution < -0.4 is 4.74 Å². The summed E-state index contributed by atoms with van der Waals surface area (Å²) >= 11 is 4.93. The number of hydrogen-bond donors (Lipinski definition) is 1. The second-order valence-corrected chi connectivity index (χ2v) is 3.49. The Balaban J connectivity index is 2.28. The highest BCUT2D eigenvalue weighted by Gasteiger charge is 2.01. The van der Waals surface area contributed by atoms with Crippen molar-refractivity contribution in [2.75, 3.05) is 7.11 Å². The van der Waals surface area contributed by atoms with Crippen LogP contribution in [0, 0.1) is 4.77 Å². The third-order valence-corrected chi connectivity index (χ3v) is 2.15. The zero-order chi connectivity index (χ0) is 11.4. The van der Waals surface area contributed by atoms with Crippen molar-refractivity contribution in [2.45, 2.75) is 6.42 Å². The minimum absolute atomic E-state index is 0.273. The Morgan fingerprint density at radius 3 is 3.00 bits per heavy atom. The summed E-state index contributed by atoms with van der Waals surface area (Å²) in [7, 11) is 1.53. The van der Waals surface area contributed by atoms with Crippen molar-refractivity contribution in [1.82, 2.24) is 19.9 Å². The van der Waals surface area contributed by atoms with Gasteiger partial charge in [0.25, 0.3) is 6.01 Å². The Morgan fingerprint density at radius 1 is 1.44 bits per heavy atom. The Labute approximate surface area is 97.6 Å². The van der Waals surface area contributed by atoms with Gasteiger partial charge in [-0.25, -0.2) is 4.98 Å². The van der Waals surface area contributed by atoms with Crippen molar-refractivity contribution in [2.24, 2.45) is 0 Å². The van der Waals surface area contributed by atoms with E-state index < -0.39 is 0 Å². The zero-order valence-electron chi connectivity index (χ0n) is 8.67. The summed E-state index contributed by atoms with van der Waals surface area (Å²) < 4.78 is 5.26. The summed E-state index contributed by atoms with van der Waals surface area (Å²) in [5, 5.41) is 0. The summed E-state index contributed by atoms with van der Waals surface area (Å²) in [4.78, 5) is 15.0. The molecule has 0 aliphatic rings. The number of aromatic nitrogens is 4. The van der Waals surface area contributed by atoms with Crippen LogP contribution in [0.2, 0.25) is 0 Å². The largest absolute Gasteiger partial charge is 0.468 e. The number of ether oxygens (including phenoxy) is 1. The normalized spacial score (nSPS) is 10.1. The molecule has 0 atom stereocenters. The van der Waals surface area contributed by atoms with E-state index in [4.69, 9.17) is 17.0 Å². The van der Waals surface area contributed by atoms with Gasteiger partial charge in [-0.3, -0.25) is 9.97 Å². The van der Waals surface area contributed by atoms with E-state index in [2.05, 4.69) is 19.9 Å². The summed E-state index contributed by atoms with van der Waals surface area (Å²) in [5.74, 6) is 0.713. The highest BCUT2D eigenvalue weighted by Crippen LogP contribution is 2.06. The standard InChI is InChI=1S/C10H10N4OS/c1-15-9-12-8(13-10(16)14-9)5-7-3-2-4-11-6-7/h2-4,6H,5H2,1H3,(H,12,13,14,16). The Morgan fingerprint density at radius 2 is 2.31 bits per heavy atom. The van der Waals surface area contributed by atoms with E-state index in [1.54, 1.807) is 12.4 Å². The van der Waals surface area contributed by atoms with Crippen LogP contribution in [0.5, 0.6) is 6.01 Å². The van der Waals surface area contributed by atoms with Crippen LogP contribution >= 0.6 is 12.2 Å². The topological polar surface area (TPSA) is 63.7 Å². The number of nitrogens with zero attached hydrogens (tertiary/aromatic N) is 3. The quantitative estimate of drug-likeness (QED) is 0.816. The Bertz CT molecular complexity index is 526. The fraction of sp³-hybridized carbons (Fsp3) is 0.200. The first kappa shape index (κ1) is 10.7. The van der Waals surface area contributed by atoms with Gasteiger partial charge in [0.15, 0.2) is 0 Å². The molecule has 6 heteroatoms. The maximum Gasteiger partial charge on any atom is 0.297 e. The molecule has 5 nitrogen and oxygen atoms in total. The van der Waals surface area contributed by atoms with Gasteiger partial charge in [0.1, 0.15) is 5.82 Å². The van der Waals surface area contributed by atoms with Crippen LogP contribution in [0.25, 0.3) is 0 Å². The monoisotopic (exact) mass is 234 g/mol. The van der Waals surface area contributed by atoms with Crippen LogP contribution in [0.4, 0.5) is 0 Å². The molecule has 0 aliphatic carbocycles. The highest BCUT2D eigenvalue weighted by molar-refractivity contribution is 7.71. The molecule has 0 aromatic carbocycles. The average molecular weight is 234 g/mol. The first-order valence-electron chi connectivity index (χ1n) is 4.68. The maximum atomic E-state index is 4.98. The summed E-state index contributed by atoms with van der Waals surface area (Å²) in [6, 6.07) is 4.22. The molecule has 0 aliphatic heterocycles. The molecule has 0 bridgehead atoms. The van der Waals surface area contributed by atoms with E-state index in [9.17, 15) is 0 Å². The van der Waals surface area contributed by atoms with Gasteiger partial charge in [0.05, 0.1) is 7.11 Å². The number of rotatable bonds is 3. The molecule has 16 heavy (non-hydrogen) atoms. The number of H-pyrrole nitrogens is 1. The molecule has 0 saturated heterocycles. The first-order chi connectivity index (χ1) is 7.78. The molecule has 2 aromatic rings. The minimum Gasteiger partial charge on any atom is -0.468 e. The fourth-order valence-electron chi connectivity index (χ4n) is 1.28. The van der Waals surface area contributed by atoms with Crippen molar-refractivity contribution in [3.63, 3.8) is 0 Å². The lowest BCUT2D eigenvalue weighted by atomic mass is 10.2. The molecule has 82 valence electrons. The van der Waals surface area contributed by atoms with Gasteiger partial charge < -0.3 is 4.74 Å². The maximum absolute atomic E-state index is 4.98. The molecular weight excluding hydrogens is 224 g/mol. The number of methoxy groups -OCH3 is 1. The lowest BCUT2D eigenvalue weighted by molar-refractivity contribution is 0.375. The lowest BCUT2D eigenvalue weighted by Crippen LogP contribution is -2.02. The predicted octanol–water partition coefficient (Wildman–Crippen LogP) is 1.53. The van der Waals surface area contributed by atoms with Gasteiger partial charge in [0.2, 0.25) is 4.77 Å². The second-order valence-electron chi connectivity index (χ2n) is 3.13. The summed E-state index contributed by atoms with van der Waals surface area (Å²) in [5.41, 5.74) is 1.05. The molecule has 0 saturated carbocycles. The van der Waals surface area contributed by atoms with Crippen LogP contribution in [-0.4, -0.2) is 27.0 Å². The second kappa shape index (κ2) is 4.80. The third-order valence-electron chi connectivity index (χ3n) is 1.97. The number of nitrogens with one attached hydrogen (secondary N) is 1. The SMILES string of the molecule is COc1nc(=S)nc(Cc2cccnc2)[nH]1. The highest BCUT2D eigenvalue weighted by atomic mass is 32.1. The van der Waals surface area contributed by atoms with E-state index in [1.807, 2.05) is 12.1 Å². The van der Waals surface area contributed by atoms with Gasteiger partial charge in [-0.2, -0.15) is 4.98 Å². The molecule has 2 heterocycles. The molecular formula is C10H10N4OS. The number of hydrogen-bond acceptors (Lipinski definition) is 5. The Kier molecular flexibility index (Phi) is 3.21. The smallest absolute Gasteiger partial charge is 0.297 e. The molecule has 0 amide bonds. The molecule has 2 rings (SSSR count). The van der Waals surface area contributed by atoms with Crippen LogP contribution in [0.1, 0.15) is 11.4 Å². The molecule has 0 fully saturated rings. The first-order valence-corrected chi connectivity index (χ1v) is 5.09. The van der Waals surface area contributed by atoms with Gasteiger partial charge in [-0.05, 0) is 23.8 Å². The molecule has 0 radical (unpaired) electrons. The zero-order valence-corrected chi connectivity index (χ0v) is 9.49. The van der Waals surface area contributed by atoms with Crippen molar-refractivity contribution in [3.8, 4) is 6.01 Å². The number of pyridine rings is 1. The van der Waals surface area contributed by atoms with Crippen molar-refractivity contribution in [3.05, 3.63) is 40.7 Å². The molecule has 2 aromatic heterocycles. The molecule has 0 unspecified atom stereocenters. The van der Waals surface area contributed by atoms with E-state index in [0.29, 0.717) is 18.3 Å². The van der Waals surface area contributed by atoms with E-state index in [1.165, 1.54) is 7.11 Å². The van der Waals surface area contributed by atoms with Crippen molar-refractivity contribution >= 4 is 12.2 Å². The van der Waals surface area contributed by atoms with Crippen LogP contribution in [0.15, 0.2) is 24.5 Å². The van der Waals surface area contributed by atoms with Crippen LogP contribution in [-0.2, 0) is 6.42 Å². The van der Waals surface area contributed by atoms with Gasteiger partial charge in [-0.1, -0.05) is 6.07 Å². The van der Waals surface area contributed by atoms with Crippen molar-refractivity contribution in [1.29, 1.82) is 0 Å². The predicted molar refractivity (Wildman–Crippen MR) is 60.8 cm³/mol. The molecule has 1 N–H and O–H groups in total. The summed E-state index contributed by atoms with van der Waals surface area (Å²) in [6.45, 7) is 0. The van der Waals surface area contributed by atoms with Crippen LogP contribution in [0.3, 0.4) is 0 Å². The fourth-order valence-corrected chi connectivity index (χ4v) is 1.48. The van der Waals surface area contributed by atoms with Gasteiger partial charge in [0, 0.05) is 18.8 Å². The van der Waals surface area contributed by atoms with Crippen molar-refractivity contribution < 1.29 is 4.74 Å². The lowest BCUT2D eigenvalue weighted by Gasteiger charge is -2.03. The number of aromatic amines is 1. The summed E-state index contributed by atoms with van der Waals surface area (Å²) in [6.07, 6.45) is 4.13. The molecule has 0 spiro atoms. The van der Waals surface area contributed by atoms with Gasteiger partial charge >= 0.3 is 0 Å². The van der Waals surface area contributed by atoms with Gasteiger partial charge in [-0.15, -0.1) is 0 Å². The minimum atomic E-state index is 0.273. The van der Waals surface area contributed by atoms with E-state index in [0.717, 1.165) is 5.56 Å². The third kappa shape index (κ3) is 2.60. The van der Waals surface area contributed by atoms with E-state index in [-0.39, 0.29) is 4.77 Å². The van der Waals surface area contributed by atoms with E-state index >= 15 is 0 Å². The Hall–Kier alpha value is -1.82. The average Bonchev–Trinajstić information content (AvgIpc) is 2.29.